The molecule has 2 rings (SSSR count). The fourth-order valence-corrected chi connectivity index (χ4v) is 8.78. The number of amides is 5. The van der Waals surface area contributed by atoms with Crippen LogP contribution < -0.4 is 26.6 Å². The lowest BCUT2D eigenvalue weighted by molar-refractivity contribution is -0.138. The number of unbranched alkanes of at least 4 members (excludes halogenated alkanes) is 1. The van der Waals surface area contributed by atoms with Crippen molar-refractivity contribution < 1.29 is 42.9 Å². The molecule has 5 amide bonds. The summed E-state index contributed by atoms with van der Waals surface area (Å²) in [6.07, 6.45) is 7.58. The predicted octanol–water partition coefficient (Wildman–Crippen LogP) is 6.97. The van der Waals surface area contributed by atoms with E-state index in [-0.39, 0.29) is 59.6 Å². The number of nitrogens with one attached hydrogen (secondary N) is 5. The Balaban J connectivity index is 1.78. The Morgan fingerprint density at radius 1 is 0.741 bits per heavy atom. The van der Waals surface area contributed by atoms with Gasteiger partial charge in [-0.15, -0.1) is 0 Å². The summed E-state index contributed by atoms with van der Waals surface area (Å²) in [5.41, 5.74) is -0.744. The number of carbonyl (C=O) groups excluding carboxylic acids is 5. The van der Waals surface area contributed by atoms with Crippen molar-refractivity contribution in [3.05, 3.63) is 12.7 Å². The number of esters is 1. The maximum absolute atomic E-state index is 12.9. The molecular weight excluding hydrogens is 694 g/mol. The minimum atomic E-state index is -0.688. The molecule has 0 bridgehead atoms. The third-order valence-corrected chi connectivity index (χ3v) is 10.4. The maximum atomic E-state index is 12.9. The summed E-state index contributed by atoms with van der Waals surface area (Å²) in [4.78, 5) is 61.8. The van der Waals surface area contributed by atoms with Crippen LogP contribution >= 0.6 is 0 Å². The van der Waals surface area contributed by atoms with E-state index in [1.807, 2.05) is 0 Å². The van der Waals surface area contributed by atoms with Crippen LogP contribution in [0.3, 0.4) is 0 Å². The van der Waals surface area contributed by atoms with Crippen LogP contribution in [0.15, 0.2) is 12.7 Å². The van der Waals surface area contributed by atoms with Crippen LogP contribution in [0.25, 0.3) is 0 Å². The lowest BCUT2D eigenvalue weighted by Crippen LogP contribution is -2.52. The molecule has 5 N–H and O–H groups in total. The molecular formula is C40H71N5O9. The molecule has 0 aliphatic heterocycles. The number of hydrogen-bond acceptors (Lipinski definition) is 9. The van der Waals surface area contributed by atoms with Crippen molar-refractivity contribution in [3.63, 3.8) is 0 Å². The highest BCUT2D eigenvalue weighted by Gasteiger charge is 2.43. The van der Waals surface area contributed by atoms with Crippen molar-refractivity contribution in [1.82, 2.24) is 26.6 Å². The predicted molar refractivity (Wildman–Crippen MR) is 208 cm³/mol. The molecule has 0 saturated heterocycles. The molecule has 2 fully saturated rings. The third kappa shape index (κ3) is 18.1. The van der Waals surface area contributed by atoms with Gasteiger partial charge in [-0.05, 0) is 79.4 Å². The molecule has 14 heteroatoms. The Bertz CT molecular complexity index is 1260. The molecule has 0 aromatic heterocycles. The highest BCUT2D eigenvalue weighted by molar-refractivity contribution is 5.81. The average Bonchev–Trinajstić information content (AvgIpc) is 3.05. The summed E-state index contributed by atoms with van der Waals surface area (Å²) in [5, 5.41) is 14.9. The molecule has 14 nitrogen and oxygen atoms in total. The van der Waals surface area contributed by atoms with Crippen molar-refractivity contribution in [2.24, 2.45) is 27.6 Å². The molecule has 0 spiro atoms. The lowest BCUT2D eigenvalue weighted by Gasteiger charge is -2.46. The smallest absolute Gasteiger partial charge is 0.407 e. The van der Waals surface area contributed by atoms with E-state index in [1.54, 1.807) is 6.92 Å². The van der Waals surface area contributed by atoms with Crippen LogP contribution in [0.1, 0.15) is 127 Å². The first-order valence-corrected chi connectivity index (χ1v) is 19.8. The topological polar surface area (TPSA) is 182 Å². The number of hydrogen-bond donors (Lipinski definition) is 5. The number of alkyl carbamates (subject to hydrolysis) is 3. The summed E-state index contributed by atoms with van der Waals surface area (Å²) in [6.45, 7) is 23.2. The van der Waals surface area contributed by atoms with Gasteiger partial charge in [-0.1, -0.05) is 81.2 Å². The molecule has 6 unspecified atom stereocenters. The molecule has 2 aliphatic carbocycles. The normalized spacial score (nSPS) is 25.4. The van der Waals surface area contributed by atoms with E-state index in [0.717, 1.165) is 63.9 Å². The van der Waals surface area contributed by atoms with Gasteiger partial charge in [0.05, 0.1) is 0 Å². The zero-order valence-corrected chi connectivity index (χ0v) is 34.6. The second-order valence-electron chi connectivity index (χ2n) is 18.0. The average molecular weight is 766 g/mol. The summed E-state index contributed by atoms with van der Waals surface area (Å²) >= 11 is 0. The van der Waals surface area contributed by atoms with E-state index in [1.165, 1.54) is 0 Å². The van der Waals surface area contributed by atoms with E-state index in [9.17, 15) is 24.0 Å². The summed E-state index contributed by atoms with van der Waals surface area (Å²) in [7, 11) is 0. The molecule has 0 aromatic carbocycles. The Morgan fingerprint density at radius 3 is 1.81 bits per heavy atom. The van der Waals surface area contributed by atoms with Crippen molar-refractivity contribution in [2.45, 2.75) is 145 Å². The number of carbonyl (C=O) groups is 5. The van der Waals surface area contributed by atoms with Gasteiger partial charge in [-0.2, -0.15) is 0 Å². The fourth-order valence-electron chi connectivity index (χ4n) is 8.78. The van der Waals surface area contributed by atoms with Crippen LogP contribution in [0.2, 0.25) is 0 Å². The van der Waals surface area contributed by atoms with Crippen LogP contribution in [0.4, 0.5) is 19.2 Å². The first kappa shape index (κ1) is 46.4. The van der Waals surface area contributed by atoms with Gasteiger partial charge < -0.3 is 45.5 Å². The SMILES string of the molecule is C=CC(=O)OCCOC(=O)NCC1(C)CC(NC(=O)OC(C)COC(=O)NCC2(C)CC(NC(=O)NCC(CC)CCCC)CC(C)(C)C2)CC(C)(C)C1. The molecule has 2 aliphatic rings. The molecule has 0 aromatic rings. The Kier molecular flexibility index (Phi) is 18.4. The summed E-state index contributed by atoms with van der Waals surface area (Å²) < 4.78 is 20.9. The van der Waals surface area contributed by atoms with Gasteiger partial charge in [0, 0.05) is 37.8 Å². The van der Waals surface area contributed by atoms with E-state index in [0.29, 0.717) is 32.0 Å². The van der Waals surface area contributed by atoms with Crippen molar-refractivity contribution in [2.75, 3.05) is 39.5 Å². The van der Waals surface area contributed by atoms with Gasteiger partial charge >= 0.3 is 30.3 Å². The van der Waals surface area contributed by atoms with Gasteiger partial charge in [0.15, 0.2) is 0 Å². The standard InChI is InChI=1S/C40H71N5O9/c1-11-14-15-29(12-2)22-41-33(47)44-30-18-37(5,6)24-39(9,20-30)27-43-35(49)53-23-28(4)54-36(50)45-31-19-38(7,8)25-40(10,21-31)26-42-34(48)52-17-16-51-32(46)13-3/h13,28-31H,3,11-12,14-27H2,1-2,4-10H3,(H,42,48)(H,43,49)(H,45,50)(H2,41,44,47). The second-order valence-corrected chi connectivity index (χ2v) is 18.0. The molecule has 6 atom stereocenters. The largest absolute Gasteiger partial charge is 0.459 e. The highest BCUT2D eigenvalue weighted by Crippen LogP contribution is 2.47. The number of ether oxygens (including phenoxy) is 4. The molecule has 2 saturated carbocycles. The van der Waals surface area contributed by atoms with Crippen LogP contribution in [-0.2, 0) is 23.7 Å². The van der Waals surface area contributed by atoms with E-state index >= 15 is 0 Å². The number of urea groups is 1. The van der Waals surface area contributed by atoms with Gasteiger partial charge in [0.25, 0.3) is 0 Å². The fraction of sp³-hybridized carbons (Fsp3) is 0.825. The van der Waals surface area contributed by atoms with Crippen molar-refractivity contribution in [3.8, 4) is 0 Å². The summed E-state index contributed by atoms with van der Waals surface area (Å²) in [5.74, 6) is -0.110. The first-order chi connectivity index (χ1) is 25.2. The zero-order chi connectivity index (χ0) is 40.6. The zero-order valence-electron chi connectivity index (χ0n) is 34.6. The molecule has 310 valence electrons. The van der Waals surface area contributed by atoms with Crippen LogP contribution in [-0.4, -0.2) is 87.9 Å². The third-order valence-electron chi connectivity index (χ3n) is 10.4. The molecule has 0 heterocycles. The minimum Gasteiger partial charge on any atom is -0.459 e. The van der Waals surface area contributed by atoms with Crippen molar-refractivity contribution in [1.29, 1.82) is 0 Å². The van der Waals surface area contributed by atoms with Crippen molar-refractivity contribution >= 4 is 30.3 Å². The number of rotatable bonds is 19. The summed E-state index contributed by atoms with van der Waals surface area (Å²) in [6, 6.07) is -0.367. The quantitative estimate of drug-likeness (QED) is 0.0402. The first-order valence-electron chi connectivity index (χ1n) is 19.8. The van der Waals surface area contributed by atoms with E-state index in [4.69, 9.17) is 18.9 Å². The maximum Gasteiger partial charge on any atom is 0.407 e. The second kappa shape index (κ2) is 21.4. The minimum absolute atomic E-state index is 0.0217. The van der Waals surface area contributed by atoms with Crippen LogP contribution in [0, 0.1) is 27.6 Å². The lowest BCUT2D eigenvalue weighted by atomic mass is 9.62. The Labute approximate surface area is 323 Å². The molecule has 0 radical (unpaired) electrons. The van der Waals surface area contributed by atoms with Gasteiger partial charge in [0.2, 0.25) is 0 Å². The van der Waals surface area contributed by atoms with Gasteiger partial charge in [-0.25, -0.2) is 24.0 Å². The Hall–Kier alpha value is -3.71. The monoisotopic (exact) mass is 766 g/mol. The van der Waals surface area contributed by atoms with E-state index < -0.39 is 30.4 Å². The van der Waals surface area contributed by atoms with Gasteiger partial charge in [-0.3, -0.25) is 0 Å². The Morgan fingerprint density at radius 2 is 1.28 bits per heavy atom. The van der Waals surface area contributed by atoms with Gasteiger partial charge in [0.1, 0.15) is 25.9 Å². The van der Waals surface area contributed by atoms with E-state index in [2.05, 4.69) is 88.6 Å². The highest BCUT2D eigenvalue weighted by atomic mass is 16.6. The molecule has 54 heavy (non-hydrogen) atoms. The van der Waals surface area contributed by atoms with Crippen LogP contribution in [0.5, 0.6) is 0 Å².